The van der Waals surface area contributed by atoms with Crippen molar-refractivity contribution < 1.29 is 9.78 Å². The summed E-state index contributed by atoms with van der Waals surface area (Å²) in [6.07, 6.45) is 0.996. The molecule has 0 aliphatic rings. The van der Waals surface area contributed by atoms with E-state index in [-0.39, 0.29) is 5.60 Å². The molecule has 0 aromatic heterocycles. The topological polar surface area (TPSA) is 18.5 Å². The summed E-state index contributed by atoms with van der Waals surface area (Å²) < 4.78 is 0. The Bertz CT molecular complexity index is 63.8. The van der Waals surface area contributed by atoms with E-state index in [1.165, 1.54) is 0 Å². The molecule has 0 radical (unpaired) electrons. The van der Waals surface area contributed by atoms with E-state index < -0.39 is 0 Å². The van der Waals surface area contributed by atoms with Gasteiger partial charge in [-0.15, -0.1) is 0 Å². The number of hydrogen-bond acceptors (Lipinski definition) is 2. The van der Waals surface area contributed by atoms with Gasteiger partial charge in [0.2, 0.25) is 0 Å². The maximum absolute atomic E-state index is 4.97. The molecule has 0 heterocycles. The van der Waals surface area contributed by atoms with E-state index in [9.17, 15) is 0 Å². The summed E-state index contributed by atoms with van der Waals surface area (Å²) in [5.74, 6) is 0. The van der Waals surface area contributed by atoms with Gasteiger partial charge >= 0.3 is 0 Å². The second-order valence-corrected chi connectivity index (χ2v) is 3.02. The van der Waals surface area contributed by atoms with Crippen LogP contribution in [0.25, 0.3) is 0 Å². The normalized spacial score (nSPS) is 12.0. The summed E-state index contributed by atoms with van der Waals surface area (Å²) in [6.45, 7) is 8.61. The van der Waals surface area contributed by atoms with Crippen molar-refractivity contribution in [1.29, 1.82) is 0 Å². The Labute approximate surface area is 57.1 Å². The molecule has 0 aliphatic carbocycles. The van der Waals surface area contributed by atoms with Crippen molar-refractivity contribution in [3.63, 3.8) is 0 Å². The van der Waals surface area contributed by atoms with Crippen LogP contribution in [-0.2, 0) is 9.78 Å². The largest absolute Gasteiger partial charge is 0.236 e. The van der Waals surface area contributed by atoms with Crippen LogP contribution in [0.2, 0.25) is 0 Å². The molecule has 0 atom stereocenters. The van der Waals surface area contributed by atoms with E-state index in [2.05, 4.69) is 0 Å². The first kappa shape index (κ1) is 8.92. The summed E-state index contributed by atoms with van der Waals surface area (Å²) in [4.78, 5) is 9.82. The zero-order valence-corrected chi connectivity index (χ0v) is 6.73. The van der Waals surface area contributed by atoms with Crippen molar-refractivity contribution in [1.82, 2.24) is 0 Å². The highest BCUT2D eigenvalue weighted by atomic mass is 17.2. The Kier molecular flexibility index (Phi) is 3.82. The molecular formula is C7H16O2. The lowest BCUT2D eigenvalue weighted by molar-refractivity contribution is -0.348. The van der Waals surface area contributed by atoms with Gasteiger partial charge < -0.3 is 0 Å². The fraction of sp³-hybridized carbons (Fsp3) is 1.00. The molecule has 0 spiro atoms. The molecule has 2 heteroatoms. The second kappa shape index (κ2) is 3.85. The Morgan fingerprint density at radius 3 is 2.11 bits per heavy atom. The fourth-order valence-electron chi connectivity index (χ4n) is 0.302. The van der Waals surface area contributed by atoms with Gasteiger partial charge in [0.1, 0.15) is 0 Å². The Morgan fingerprint density at radius 1 is 1.22 bits per heavy atom. The molecule has 0 aliphatic heterocycles. The van der Waals surface area contributed by atoms with Crippen LogP contribution in [0, 0.1) is 0 Å². The summed E-state index contributed by atoms with van der Waals surface area (Å²) in [5, 5.41) is 0. The van der Waals surface area contributed by atoms with E-state index in [0.717, 1.165) is 6.42 Å². The minimum atomic E-state index is -0.171. The third-order valence-electron chi connectivity index (χ3n) is 0.596. The Morgan fingerprint density at radius 2 is 1.78 bits per heavy atom. The van der Waals surface area contributed by atoms with Crippen LogP contribution in [-0.4, -0.2) is 12.2 Å². The monoisotopic (exact) mass is 132 g/mol. The molecule has 0 amide bonds. The molecular weight excluding hydrogens is 116 g/mol. The zero-order chi connectivity index (χ0) is 7.33. The van der Waals surface area contributed by atoms with Crippen molar-refractivity contribution in [2.75, 3.05) is 6.61 Å². The maximum atomic E-state index is 4.97. The Hall–Kier alpha value is -0.0800. The lowest BCUT2D eigenvalue weighted by Crippen LogP contribution is -2.19. The van der Waals surface area contributed by atoms with Gasteiger partial charge in [-0.05, 0) is 27.2 Å². The van der Waals surface area contributed by atoms with E-state index in [0.29, 0.717) is 6.61 Å². The van der Waals surface area contributed by atoms with Crippen LogP contribution >= 0.6 is 0 Å². The first-order valence-corrected chi connectivity index (χ1v) is 3.37. The molecule has 0 unspecified atom stereocenters. The summed E-state index contributed by atoms with van der Waals surface area (Å²) in [5.41, 5.74) is -0.171. The average molecular weight is 132 g/mol. The van der Waals surface area contributed by atoms with Crippen LogP contribution in [0.15, 0.2) is 0 Å². The van der Waals surface area contributed by atoms with Gasteiger partial charge in [-0.25, -0.2) is 9.78 Å². The molecule has 0 saturated carbocycles. The Balaban J connectivity index is 3.07. The van der Waals surface area contributed by atoms with Gasteiger partial charge in [-0.3, -0.25) is 0 Å². The highest BCUT2D eigenvalue weighted by Gasteiger charge is 2.10. The van der Waals surface area contributed by atoms with Crippen LogP contribution in [0.3, 0.4) is 0 Å². The molecule has 56 valence electrons. The molecule has 0 fully saturated rings. The van der Waals surface area contributed by atoms with Crippen molar-refractivity contribution in [3.8, 4) is 0 Å². The molecule has 0 saturated heterocycles. The van der Waals surface area contributed by atoms with Crippen LogP contribution in [0.4, 0.5) is 0 Å². The molecule has 0 aromatic carbocycles. The van der Waals surface area contributed by atoms with E-state index in [1.54, 1.807) is 0 Å². The minimum absolute atomic E-state index is 0.171. The van der Waals surface area contributed by atoms with Gasteiger partial charge in [-0.1, -0.05) is 6.92 Å². The molecule has 9 heavy (non-hydrogen) atoms. The lowest BCUT2D eigenvalue weighted by Gasteiger charge is -2.16. The van der Waals surface area contributed by atoms with Gasteiger partial charge in [-0.2, -0.15) is 0 Å². The molecule has 0 N–H and O–H groups in total. The third kappa shape index (κ3) is 7.92. The van der Waals surface area contributed by atoms with Crippen molar-refractivity contribution >= 4 is 0 Å². The molecule has 2 nitrogen and oxygen atoms in total. The predicted octanol–water partition coefficient (Wildman–Crippen LogP) is 2.14. The lowest BCUT2D eigenvalue weighted by atomic mass is 10.2. The van der Waals surface area contributed by atoms with Gasteiger partial charge in [0.05, 0.1) is 12.2 Å². The van der Waals surface area contributed by atoms with E-state index >= 15 is 0 Å². The van der Waals surface area contributed by atoms with Crippen LogP contribution < -0.4 is 0 Å². The highest BCUT2D eigenvalue weighted by Crippen LogP contribution is 2.06. The quantitative estimate of drug-likeness (QED) is 0.333. The zero-order valence-electron chi connectivity index (χ0n) is 6.73. The third-order valence-corrected chi connectivity index (χ3v) is 0.596. The standard InChI is InChI=1S/C7H16O2/c1-5-6-8-9-7(2,3)4/h5-6H2,1-4H3. The maximum Gasteiger partial charge on any atom is 0.0952 e. The smallest absolute Gasteiger partial charge is 0.0952 e. The minimum Gasteiger partial charge on any atom is -0.236 e. The first-order valence-electron chi connectivity index (χ1n) is 3.37. The molecule has 0 aromatic rings. The van der Waals surface area contributed by atoms with E-state index in [1.807, 2.05) is 27.7 Å². The first-order chi connectivity index (χ1) is 4.06. The SMILES string of the molecule is CCCOOC(C)(C)C. The van der Waals surface area contributed by atoms with Crippen molar-refractivity contribution in [3.05, 3.63) is 0 Å². The van der Waals surface area contributed by atoms with Crippen molar-refractivity contribution in [2.24, 2.45) is 0 Å². The number of hydrogen-bond donors (Lipinski definition) is 0. The van der Waals surface area contributed by atoms with Gasteiger partial charge in [0.15, 0.2) is 0 Å². The summed E-state index contributed by atoms with van der Waals surface area (Å²) in [7, 11) is 0. The second-order valence-electron chi connectivity index (χ2n) is 3.02. The summed E-state index contributed by atoms with van der Waals surface area (Å²) in [6, 6.07) is 0. The highest BCUT2D eigenvalue weighted by molar-refractivity contribution is 4.54. The van der Waals surface area contributed by atoms with Crippen molar-refractivity contribution in [2.45, 2.75) is 39.7 Å². The summed E-state index contributed by atoms with van der Waals surface area (Å²) >= 11 is 0. The van der Waals surface area contributed by atoms with Gasteiger partial charge in [0, 0.05) is 0 Å². The average Bonchev–Trinajstić information content (AvgIpc) is 1.63. The molecule has 0 rings (SSSR count). The predicted molar refractivity (Wildman–Crippen MR) is 37.1 cm³/mol. The van der Waals surface area contributed by atoms with Crippen LogP contribution in [0.1, 0.15) is 34.1 Å². The van der Waals surface area contributed by atoms with Gasteiger partial charge in [0.25, 0.3) is 0 Å². The number of rotatable bonds is 3. The molecule has 0 bridgehead atoms. The fourth-order valence-corrected chi connectivity index (χ4v) is 0.302. The van der Waals surface area contributed by atoms with E-state index in [4.69, 9.17) is 9.78 Å². The van der Waals surface area contributed by atoms with Crippen LogP contribution in [0.5, 0.6) is 0 Å².